The lowest BCUT2D eigenvalue weighted by Crippen LogP contribution is -2.74. The molecule has 0 radical (unpaired) electrons. The summed E-state index contributed by atoms with van der Waals surface area (Å²) in [7, 11) is 6.22. The van der Waals surface area contributed by atoms with Crippen LogP contribution < -0.4 is 26.0 Å². The Hall–Kier alpha value is -4.37. The molecule has 1 aliphatic heterocycles. The maximum atomic E-state index is 14.9. The number of primary amides is 1. The average Bonchev–Trinajstić information content (AvgIpc) is 3.05. The number of nitrogens with one attached hydrogen (secondary N) is 2. The van der Waals surface area contributed by atoms with Crippen LogP contribution in [0.15, 0.2) is 6.07 Å². The lowest BCUT2D eigenvalue weighted by molar-refractivity contribution is -0.271. The fourth-order valence-electron chi connectivity index (χ4n) is 8.06. The van der Waals surface area contributed by atoms with E-state index in [0.29, 0.717) is 5.69 Å². The van der Waals surface area contributed by atoms with Crippen molar-refractivity contribution in [1.82, 2.24) is 10.2 Å². The van der Waals surface area contributed by atoms with Gasteiger partial charge < -0.3 is 56.3 Å². The maximum Gasteiger partial charge on any atom is 0.335 e. The zero-order valence-electron chi connectivity index (χ0n) is 30.9. The molecular weight excluding hydrogens is 714 g/mol. The summed E-state index contributed by atoms with van der Waals surface area (Å²) in [5.41, 5.74) is 2.00. The average molecular weight is 762 g/mol. The predicted molar refractivity (Wildman–Crippen MR) is 185 cm³/mol. The maximum absolute atomic E-state index is 14.9. The molecule has 11 atom stereocenters. The Kier molecular flexibility index (Phi) is 10.9. The van der Waals surface area contributed by atoms with Gasteiger partial charge in [-0.1, -0.05) is 0 Å². The monoisotopic (exact) mass is 761 g/mol. The van der Waals surface area contributed by atoms with Crippen LogP contribution in [0.3, 0.4) is 0 Å². The highest BCUT2D eigenvalue weighted by atomic mass is 16.7. The number of ketones is 4. The van der Waals surface area contributed by atoms with Gasteiger partial charge >= 0.3 is 5.97 Å². The van der Waals surface area contributed by atoms with Gasteiger partial charge in [0.05, 0.1) is 29.8 Å². The number of aliphatic hydroxyl groups excluding tert-OH is 3. The molecular formula is C35H47N5O14. The summed E-state index contributed by atoms with van der Waals surface area (Å²) in [6, 6.07) is 0.146. The largest absolute Gasteiger partial charge is 0.479 e. The first kappa shape index (κ1) is 40.8. The van der Waals surface area contributed by atoms with Gasteiger partial charge in [0.2, 0.25) is 18.1 Å². The van der Waals surface area contributed by atoms with Crippen LogP contribution in [0.1, 0.15) is 43.1 Å². The number of nitrogens with two attached hydrogens (primary N) is 1. The molecule has 4 aliphatic rings. The molecule has 54 heavy (non-hydrogen) atoms. The summed E-state index contributed by atoms with van der Waals surface area (Å²) >= 11 is 0. The van der Waals surface area contributed by atoms with E-state index in [-0.39, 0.29) is 36.2 Å². The third-order valence-electron chi connectivity index (χ3n) is 10.6. The van der Waals surface area contributed by atoms with Crippen molar-refractivity contribution < 1.29 is 68.6 Å². The summed E-state index contributed by atoms with van der Waals surface area (Å²) < 4.78 is 11.3. The highest BCUT2D eigenvalue weighted by molar-refractivity contribution is 6.32. The SMILES string of the molecule is CN(C)c1cc(NC(=O)CNC(C)(C)C)c(O[C@@H]2O[C@H](C(=O)O)[C@@H](O)[C@H](O)[C@H]2O)c2c1C[C@H]1C[C@H]3[C@H](N(C)C)C(=O)C(C(N)=O)C(=O)[C@@]3(O)C(=O)C1C2=O. The number of carbonyl (C=O) groups excluding carboxylic acids is 6. The Morgan fingerprint density at radius 1 is 1.02 bits per heavy atom. The smallest absolute Gasteiger partial charge is 0.335 e. The van der Waals surface area contributed by atoms with Gasteiger partial charge in [0.15, 0.2) is 46.5 Å². The number of fused-ring (bicyclic) bond motifs is 3. The zero-order valence-corrected chi connectivity index (χ0v) is 30.9. The second-order valence-corrected chi connectivity index (χ2v) is 15.8. The number of likely N-dealkylation sites (N-methyl/N-ethyl adjacent to an activating group) is 1. The lowest BCUT2D eigenvalue weighted by atomic mass is 9.52. The van der Waals surface area contributed by atoms with E-state index in [1.807, 2.05) is 20.8 Å². The molecule has 0 spiro atoms. The summed E-state index contributed by atoms with van der Waals surface area (Å²) in [4.78, 5) is 97.2. The first-order valence-electron chi connectivity index (χ1n) is 17.3. The van der Waals surface area contributed by atoms with Crippen LogP contribution >= 0.6 is 0 Å². The number of nitrogens with zero attached hydrogens (tertiary/aromatic N) is 2. The number of hydrogen-bond acceptors (Lipinski definition) is 16. The molecule has 296 valence electrons. The second-order valence-electron chi connectivity index (χ2n) is 15.8. The van der Waals surface area contributed by atoms with Gasteiger partial charge in [-0.15, -0.1) is 0 Å². The van der Waals surface area contributed by atoms with E-state index in [1.165, 1.54) is 25.1 Å². The van der Waals surface area contributed by atoms with Crippen molar-refractivity contribution in [2.75, 3.05) is 45.0 Å². The molecule has 0 bridgehead atoms. The van der Waals surface area contributed by atoms with E-state index in [4.69, 9.17) is 15.2 Å². The summed E-state index contributed by atoms with van der Waals surface area (Å²) in [5.74, 6) is -15.0. The molecule has 3 fully saturated rings. The molecule has 1 heterocycles. The van der Waals surface area contributed by atoms with Crippen LogP contribution in [0.4, 0.5) is 11.4 Å². The summed E-state index contributed by atoms with van der Waals surface area (Å²) in [5, 5.41) is 59.0. The number of anilines is 2. The molecule has 2 saturated carbocycles. The highest BCUT2D eigenvalue weighted by Crippen LogP contribution is 2.53. The number of Topliss-reactive ketones (excluding diaryl/α,β-unsaturated/α-hetero) is 4. The molecule has 3 aliphatic carbocycles. The van der Waals surface area contributed by atoms with Gasteiger partial charge in [-0.05, 0) is 65.3 Å². The molecule has 1 aromatic carbocycles. The van der Waals surface area contributed by atoms with Gasteiger partial charge in [0.1, 0.15) is 18.3 Å². The minimum absolute atomic E-state index is 0.0807. The molecule has 9 N–H and O–H groups in total. The second kappa shape index (κ2) is 14.4. The van der Waals surface area contributed by atoms with Crippen LogP contribution in [-0.4, -0.2) is 154 Å². The van der Waals surface area contributed by atoms with Crippen molar-refractivity contribution >= 4 is 52.3 Å². The molecule has 1 saturated heterocycles. The highest BCUT2D eigenvalue weighted by Gasteiger charge is 2.69. The minimum Gasteiger partial charge on any atom is -0.479 e. The third-order valence-corrected chi connectivity index (χ3v) is 10.6. The number of ether oxygens (including phenoxy) is 2. The number of amides is 2. The molecule has 19 nitrogen and oxygen atoms in total. The van der Waals surface area contributed by atoms with Crippen molar-refractivity contribution in [3.05, 3.63) is 17.2 Å². The molecule has 5 rings (SSSR count). The first-order chi connectivity index (χ1) is 24.9. The molecule has 1 aromatic rings. The van der Waals surface area contributed by atoms with E-state index in [0.717, 1.165) is 0 Å². The van der Waals surface area contributed by atoms with Crippen LogP contribution in [0.5, 0.6) is 5.75 Å². The Bertz CT molecular complexity index is 1790. The van der Waals surface area contributed by atoms with Crippen molar-refractivity contribution in [2.45, 2.75) is 81.5 Å². The van der Waals surface area contributed by atoms with Crippen LogP contribution in [-0.2, 0) is 39.9 Å². The van der Waals surface area contributed by atoms with Gasteiger partial charge in [-0.25, -0.2) is 4.79 Å². The summed E-state index contributed by atoms with van der Waals surface area (Å²) in [6.07, 6.45) is -10.7. The van der Waals surface area contributed by atoms with Crippen LogP contribution in [0, 0.1) is 23.7 Å². The Balaban J connectivity index is 1.70. The van der Waals surface area contributed by atoms with Crippen LogP contribution in [0.2, 0.25) is 0 Å². The first-order valence-corrected chi connectivity index (χ1v) is 17.3. The zero-order chi connectivity index (χ0) is 40.5. The van der Waals surface area contributed by atoms with E-state index in [2.05, 4.69) is 10.6 Å². The van der Waals surface area contributed by atoms with E-state index in [1.54, 1.807) is 19.0 Å². The standard InChI is InChI=1S/C35H47N5O14/c1-34(2,3)37-11-17(41)38-15-10-16(39(4)5)13-8-12-9-14-21(40(6)7)23(43)20(31(36)49)30(48)35(14,52)29(47)18(12)22(42)19(13)27(15)53-33-26(46)24(44)25(45)28(54-33)32(50)51/h10,12,14,18,20-21,24-26,28,33,37,44-46,52H,8-9,11H2,1-7H3,(H2,36,49)(H,38,41)(H,50,51)/t12-,14-,18?,20?,21-,24-,25-,26+,28-,33+,35-/m0/s1. The molecule has 19 heteroatoms. The third kappa shape index (κ3) is 6.78. The number of benzene rings is 1. The van der Waals surface area contributed by atoms with Gasteiger partial charge in [0.25, 0.3) is 0 Å². The van der Waals surface area contributed by atoms with Crippen molar-refractivity contribution in [3.63, 3.8) is 0 Å². The normalized spacial score (nSPS) is 33.8. The number of carbonyl (C=O) groups is 7. The molecule has 2 unspecified atom stereocenters. The number of aliphatic carboxylic acids is 1. The Morgan fingerprint density at radius 3 is 2.19 bits per heavy atom. The minimum atomic E-state index is -2.98. The molecule has 0 aromatic heterocycles. The van der Waals surface area contributed by atoms with Crippen LogP contribution in [0.25, 0.3) is 0 Å². The predicted octanol–water partition coefficient (Wildman–Crippen LogP) is -3.17. The van der Waals surface area contributed by atoms with E-state index >= 15 is 0 Å². The quantitative estimate of drug-likeness (QED) is 0.115. The van der Waals surface area contributed by atoms with E-state index in [9.17, 15) is 59.1 Å². The fraction of sp³-hybridized carbons (Fsp3) is 0.629. The number of carboxylic acid groups (broad SMARTS) is 1. The van der Waals surface area contributed by atoms with Gasteiger partial charge in [0, 0.05) is 31.2 Å². The number of carboxylic acids is 1. The number of aliphatic hydroxyl groups is 4. The number of hydrogen-bond donors (Lipinski definition) is 8. The fourth-order valence-corrected chi connectivity index (χ4v) is 8.06. The van der Waals surface area contributed by atoms with Gasteiger partial charge in [-0.3, -0.25) is 33.7 Å². The molecule has 2 amide bonds. The Morgan fingerprint density at radius 2 is 1.65 bits per heavy atom. The van der Waals surface area contributed by atoms with Crippen molar-refractivity contribution in [1.29, 1.82) is 0 Å². The van der Waals surface area contributed by atoms with E-state index < -0.39 is 118 Å². The number of rotatable bonds is 9. The Labute approximate surface area is 309 Å². The topological polar surface area (TPSA) is 296 Å². The van der Waals surface area contributed by atoms with Crippen molar-refractivity contribution in [3.8, 4) is 5.75 Å². The lowest BCUT2D eigenvalue weighted by Gasteiger charge is -2.52. The summed E-state index contributed by atoms with van der Waals surface area (Å²) in [6.45, 7) is 5.19. The van der Waals surface area contributed by atoms with Crippen molar-refractivity contribution in [2.24, 2.45) is 29.4 Å². The van der Waals surface area contributed by atoms with Gasteiger partial charge in [-0.2, -0.15) is 0 Å².